The van der Waals surface area contributed by atoms with Crippen LogP contribution in [0.5, 0.6) is 0 Å². The fraction of sp³-hybridized carbons (Fsp3) is 0.120. The molecule has 0 spiro atoms. The molecule has 5 aromatic rings. The highest BCUT2D eigenvalue weighted by Crippen LogP contribution is 2.27. The van der Waals surface area contributed by atoms with Crippen LogP contribution in [0.1, 0.15) is 27.2 Å². The Morgan fingerprint density at radius 3 is 2.58 bits per heavy atom. The highest BCUT2D eigenvalue weighted by Gasteiger charge is 2.19. The minimum absolute atomic E-state index is 0.264. The van der Waals surface area contributed by atoms with Gasteiger partial charge in [0, 0.05) is 31.0 Å². The van der Waals surface area contributed by atoms with Gasteiger partial charge in [-0.2, -0.15) is 0 Å². The normalized spacial score (nSPS) is 11.1. The Balaban J connectivity index is 1.36. The number of aryl methyl sites for hydroxylation is 1. The Kier molecular flexibility index (Phi) is 5.40. The summed E-state index contributed by atoms with van der Waals surface area (Å²) in [6, 6.07) is 15.6. The summed E-state index contributed by atoms with van der Waals surface area (Å²) < 4.78 is 20.6. The van der Waals surface area contributed by atoms with E-state index in [1.165, 1.54) is 12.1 Å². The maximum Gasteiger partial charge on any atom is 0.259 e. The molecule has 0 radical (unpaired) electrons. The predicted molar refractivity (Wildman–Crippen MR) is 121 cm³/mol. The number of amides is 1. The summed E-state index contributed by atoms with van der Waals surface area (Å²) in [6.07, 6.45) is 5.44. The van der Waals surface area contributed by atoms with Gasteiger partial charge in [0.25, 0.3) is 11.6 Å². The molecule has 0 aliphatic rings. The molecule has 33 heavy (non-hydrogen) atoms. The van der Waals surface area contributed by atoms with Gasteiger partial charge in [-0.25, -0.2) is 14.4 Å². The van der Waals surface area contributed by atoms with E-state index < -0.39 is 0 Å². The summed E-state index contributed by atoms with van der Waals surface area (Å²) in [5.74, 6) is -0.607. The number of aromatic nitrogens is 4. The molecule has 5 rings (SSSR count). The fourth-order valence-electron chi connectivity index (χ4n) is 3.67. The van der Waals surface area contributed by atoms with Gasteiger partial charge < -0.3 is 14.4 Å². The van der Waals surface area contributed by atoms with Crippen LogP contribution in [0.2, 0.25) is 0 Å². The first-order valence-corrected chi connectivity index (χ1v) is 10.4. The number of carbonyl (C=O) groups excluding carboxylic acids is 1. The second-order valence-corrected chi connectivity index (χ2v) is 7.74. The number of benzene rings is 2. The lowest BCUT2D eigenvalue weighted by molar-refractivity contribution is 0.0952. The fourth-order valence-corrected chi connectivity index (χ4v) is 3.67. The van der Waals surface area contributed by atoms with Gasteiger partial charge in [0.15, 0.2) is 0 Å². The number of hydrogen-bond acceptors (Lipinski definition) is 5. The van der Waals surface area contributed by atoms with E-state index in [0.29, 0.717) is 34.4 Å². The number of pyridine rings is 1. The minimum Gasteiger partial charge on any atom is -0.348 e. The number of halogens is 1. The number of imidazole rings is 1. The van der Waals surface area contributed by atoms with Crippen molar-refractivity contribution in [3.63, 3.8) is 0 Å². The number of carbonyl (C=O) groups is 1. The number of nitrogens with one attached hydrogen (secondary N) is 1. The Bertz CT molecular complexity index is 1410. The van der Waals surface area contributed by atoms with Gasteiger partial charge >= 0.3 is 0 Å². The third-order valence-electron chi connectivity index (χ3n) is 5.40. The third-order valence-corrected chi connectivity index (χ3v) is 5.40. The molecule has 1 amide bonds. The van der Waals surface area contributed by atoms with Crippen molar-refractivity contribution in [1.82, 2.24) is 25.0 Å². The van der Waals surface area contributed by atoms with Crippen molar-refractivity contribution in [3.05, 3.63) is 102 Å². The van der Waals surface area contributed by atoms with E-state index in [1.807, 2.05) is 35.0 Å². The molecule has 2 aromatic carbocycles. The summed E-state index contributed by atoms with van der Waals surface area (Å²) in [5.41, 5.74) is 4.56. The van der Waals surface area contributed by atoms with E-state index in [2.05, 4.69) is 20.4 Å². The van der Waals surface area contributed by atoms with Crippen LogP contribution in [0, 0.1) is 12.7 Å². The largest absolute Gasteiger partial charge is 0.348 e. The van der Waals surface area contributed by atoms with E-state index >= 15 is 0 Å². The predicted octanol–water partition coefficient (Wildman–Crippen LogP) is 4.51. The van der Waals surface area contributed by atoms with E-state index in [0.717, 1.165) is 17.7 Å². The van der Waals surface area contributed by atoms with Gasteiger partial charge in [0.2, 0.25) is 0 Å². The minimum atomic E-state index is -0.343. The second kappa shape index (κ2) is 8.66. The highest BCUT2D eigenvalue weighted by molar-refractivity contribution is 6.06. The zero-order valence-corrected chi connectivity index (χ0v) is 17.8. The molecule has 0 bridgehead atoms. The molecule has 0 aliphatic heterocycles. The van der Waals surface area contributed by atoms with E-state index in [4.69, 9.17) is 4.52 Å². The zero-order valence-electron chi connectivity index (χ0n) is 17.8. The smallest absolute Gasteiger partial charge is 0.259 e. The number of hydrogen-bond donors (Lipinski definition) is 1. The number of rotatable bonds is 6. The molecule has 0 aliphatic carbocycles. The topological polar surface area (TPSA) is 85.8 Å². The Morgan fingerprint density at radius 1 is 1.09 bits per heavy atom. The van der Waals surface area contributed by atoms with Crippen molar-refractivity contribution in [3.8, 4) is 11.3 Å². The van der Waals surface area contributed by atoms with Crippen molar-refractivity contribution >= 4 is 17.0 Å². The van der Waals surface area contributed by atoms with Crippen LogP contribution in [0.3, 0.4) is 0 Å². The molecule has 0 atom stereocenters. The lowest BCUT2D eigenvalue weighted by Crippen LogP contribution is -2.23. The molecule has 7 nitrogen and oxygen atoms in total. The maximum absolute atomic E-state index is 13.3. The van der Waals surface area contributed by atoms with Gasteiger partial charge in [-0.05, 0) is 48.4 Å². The Morgan fingerprint density at radius 2 is 1.85 bits per heavy atom. The summed E-state index contributed by atoms with van der Waals surface area (Å²) in [7, 11) is 0. The van der Waals surface area contributed by atoms with E-state index in [-0.39, 0.29) is 17.4 Å². The molecule has 0 saturated carbocycles. The second-order valence-electron chi connectivity index (χ2n) is 7.74. The van der Waals surface area contributed by atoms with Crippen LogP contribution in [0.25, 0.3) is 22.4 Å². The van der Waals surface area contributed by atoms with Crippen LogP contribution in [-0.2, 0) is 13.1 Å². The standard InChI is InChI=1S/C25H20FN5O2/c1-16-23-21(12-22(29-25(23)33-30-16)19-6-8-20(26)9-7-19)24(32)28-13-17-2-4-18(5-3-17)14-31-11-10-27-15-31/h2-12,15H,13-14H2,1H3,(H,28,32). The van der Waals surface area contributed by atoms with Crippen molar-refractivity contribution in [2.45, 2.75) is 20.0 Å². The SMILES string of the molecule is Cc1noc2nc(-c3ccc(F)cc3)cc(C(=O)NCc3ccc(Cn4ccnc4)cc3)c12. The summed E-state index contributed by atoms with van der Waals surface area (Å²) >= 11 is 0. The quantitative estimate of drug-likeness (QED) is 0.419. The van der Waals surface area contributed by atoms with E-state index in [1.54, 1.807) is 37.6 Å². The highest BCUT2D eigenvalue weighted by atomic mass is 19.1. The molecule has 3 aromatic heterocycles. The molecule has 8 heteroatoms. The first-order chi connectivity index (χ1) is 16.1. The first-order valence-electron chi connectivity index (χ1n) is 10.4. The third kappa shape index (κ3) is 4.36. The Hall–Kier alpha value is -4.33. The van der Waals surface area contributed by atoms with E-state index in [9.17, 15) is 9.18 Å². The van der Waals surface area contributed by atoms with Crippen molar-refractivity contribution in [1.29, 1.82) is 0 Å². The van der Waals surface area contributed by atoms with Crippen molar-refractivity contribution < 1.29 is 13.7 Å². The average Bonchev–Trinajstić information content (AvgIpc) is 3.48. The molecular weight excluding hydrogens is 421 g/mol. The Labute approximate surface area is 188 Å². The van der Waals surface area contributed by atoms with Crippen LogP contribution in [-0.4, -0.2) is 25.6 Å². The molecule has 164 valence electrons. The lowest BCUT2D eigenvalue weighted by Gasteiger charge is -2.09. The number of fused-ring (bicyclic) bond motifs is 1. The molecular formula is C25H20FN5O2. The van der Waals surface area contributed by atoms with Crippen LogP contribution < -0.4 is 5.32 Å². The van der Waals surface area contributed by atoms with Crippen molar-refractivity contribution in [2.75, 3.05) is 0 Å². The summed E-state index contributed by atoms with van der Waals surface area (Å²) in [6.45, 7) is 2.87. The van der Waals surface area contributed by atoms with Crippen LogP contribution >= 0.6 is 0 Å². The molecule has 3 heterocycles. The molecule has 0 saturated heterocycles. The first kappa shape index (κ1) is 20.6. The summed E-state index contributed by atoms with van der Waals surface area (Å²) in [4.78, 5) is 21.6. The molecule has 0 fully saturated rings. The monoisotopic (exact) mass is 441 g/mol. The van der Waals surface area contributed by atoms with Crippen molar-refractivity contribution in [2.24, 2.45) is 0 Å². The van der Waals surface area contributed by atoms with Gasteiger partial charge in [-0.15, -0.1) is 0 Å². The van der Waals surface area contributed by atoms with Gasteiger partial charge in [0.05, 0.1) is 28.7 Å². The van der Waals surface area contributed by atoms with Crippen LogP contribution in [0.4, 0.5) is 4.39 Å². The summed E-state index contributed by atoms with van der Waals surface area (Å²) in [5, 5.41) is 7.49. The van der Waals surface area contributed by atoms with Gasteiger partial charge in [0.1, 0.15) is 5.82 Å². The van der Waals surface area contributed by atoms with Gasteiger partial charge in [-0.3, -0.25) is 4.79 Å². The zero-order chi connectivity index (χ0) is 22.8. The number of nitrogens with zero attached hydrogens (tertiary/aromatic N) is 4. The molecule has 1 N–H and O–H groups in total. The molecule has 0 unspecified atom stereocenters. The van der Waals surface area contributed by atoms with Gasteiger partial charge in [-0.1, -0.05) is 29.4 Å². The average molecular weight is 441 g/mol. The maximum atomic E-state index is 13.3. The lowest BCUT2D eigenvalue weighted by atomic mass is 10.0. The van der Waals surface area contributed by atoms with Crippen LogP contribution in [0.15, 0.2) is 77.8 Å².